The van der Waals surface area contributed by atoms with E-state index in [2.05, 4.69) is 4.90 Å². The van der Waals surface area contributed by atoms with Gasteiger partial charge < -0.3 is 10.0 Å². The fourth-order valence-corrected chi connectivity index (χ4v) is 3.49. The summed E-state index contributed by atoms with van der Waals surface area (Å²) < 4.78 is 0. The number of rotatable bonds is 5. The highest BCUT2D eigenvalue weighted by molar-refractivity contribution is 5.81. The van der Waals surface area contributed by atoms with Crippen molar-refractivity contribution in [3.8, 4) is 0 Å². The summed E-state index contributed by atoms with van der Waals surface area (Å²) in [6, 6.07) is -0.0575. The van der Waals surface area contributed by atoms with Crippen molar-refractivity contribution in [2.24, 2.45) is 5.92 Å². The first kappa shape index (κ1) is 16.3. The van der Waals surface area contributed by atoms with Crippen molar-refractivity contribution in [2.45, 2.75) is 57.9 Å². The van der Waals surface area contributed by atoms with E-state index < -0.39 is 5.97 Å². The Hall–Kier alpha value is -1.10. The average Bonchev–Trinajstić information content (AvgIpc) is 2.77. The number of carboxylic acid groups (broad SMARTS) is 1. The van der Waals surface area contributed by atoms with E-state index in [1.54, 1.807) is 0 Å². The first-order valence-electron chi connectivity index (χ1n) is 8.32. The molecule has 0 aromatic heterocycles. The zero-order valence-electron chi connectivity index (χ0n) is 13.1. The summed E-state index contributed by atoms with van der Waals surface area (Å²) in [7, 11) is 0. The summed E-state index contributed by atoms with van der Waals surface area (Å²) >= 11 is 0. The van der Waals surface area contributed by atoms with Crippen molar-refractivity contribution in [3.63, 3.8) is 0 Å². The van der Waals surface area contributed by atoms with E-state index in [1.807, 2.05) is 11.8 Å². The molecule has 2 heterocycles. The SMILES string of the molecule is CC(C(=O)N1CCCCCC1)N1CCC(CCC(=O)O)C1. The molecule has 2 saturated heterocycles. The molecule has 0 aromatic rings. The monoisotopic (exact) mass is 296 g/mol. The summed E-state index contributed by atoms with van der Waals surface area (Å²) in [5.74, 6) is -0.0293. The van der Waals surface area contributed by atoms with Crippen LogP contribution in [0.4, 0.5) is 0 Å². The van der Waals surface area contributed by atoms with Gasteiger partial charge in [-0.3, -0.25) is 14.5 Å². The van der Waals surface area contributed by atoms with Crippen LogP contribution in [-0.2, 0) is 9.59 Å². The van der Waals surface area contributed by atoms with Crippen LogP contribution >= 0.6 is 0 Å². The van der Waals surface area contributed by atoms with Gasteiger partial charge >= 0.3 is 5.97 Å². The summed E-state index contributed by atoms with van der Waals surface area (Å²) in [4.78, 5) is 27.5. The van der Waals surface area contributed by atoms with Crippen LogP contribution in [0.3, 0.4) is 0 Å². The van der Waals surface area contributed by atoms with E-state index in [0.717, 1.165) is 51.9 Å². The lowest BCUT2D eigenvalue weighted by molar-refractivity contribution is -0.138. The van der Waals surface area contributed by atoms with Crippen molar-refractivity contribution in [3.05, 3.63) is 0 Å². The lowest BCUT2D eigenvalue weighted by atomic mass is 10.0. The molecule has 2 unspecified atom stereocenters. The molecule has 1 amide bonds. The van der Waals surface area contributed by atoms with Crippen molar-refractivity contribution < 1.29 is 14.7 Å². The molecule has 2 aliphatic heterocycles. The van der Waals surface area contributed by atoms with E-state index in [9.17, 15) is 9.59 Å². The zero-order chi connectivity index (χ0) is 15.2. The number of carboxylic acids is 1. The number of hydrogen-bond acceptors (Lipinski definition) is 3. The van der Waals surface area contributed by atoms with Gasteiger partial charge in [0.05, 0.1) is 6.04 Å². The largest absolute Gasteiger partial charge is 0.481 e. The van der Waals surface area contributed by atoms with Gasteiger partial charge in [-0.05, 0) is 45.1 Å². The minimum absolute atomic E-state index is 0.0575. The van der Waals surface area contributed by atoms with Crippen molar-refractivity contribution >= 4 is 11.9 Å². The molecule has 120 valence electrons. The van der Waals surface area contributed by atoms with Gasteiger partial charge in [0.15, 0.2) is 0 Å². The fraction of sp³-hybridized carbons (Fsp3) is 0.875. The maximum Gasteiger partial charge on any atom is 0.303 e. The molecule has 0 bridgehead atoms. The number of carbonyl (C=O) groups excluding carboxylic acids is 1. The van der Waals surface area contributed by atoms with Crippen molar-refractivity contribution in [2.75, 3.05) is 26.2 Å². The van der Waals surface area contributed by atoms with E-state index in [-0.39, 0.29) is 18.4 Å². The van der Waals surface area contributed by atoms with Crippen LogP contribution < -0.4 is 0 Å². The topological polar surface area (TPSA) is 60.9 Å². The average molecular weight is 296 g/mol. The van der Waals surface area contributed by atoms with Crippen molar-refractivity contribution in [1.29, 1.82) is 0 Å². The van der Waals surface area contributed by atoms with E-state index >= 15 is 0 Å². The first-order chi connectivity index (χ1) is 10.1. The predicted molar refractivity (Wildman–Crippen MR) is 81.1 cm³/mol. The highest BCUT2D eigenvalue weighted by Crippen LogP contribution is 2.24. The Morgan fingerprint density at radius 3 is 2.43 bits per heavy atom. The smallest absolute Gasteiger partial charge is 0.303 e. The van der Waals surface area contributed by atoms with Crippen LogP contribution in [0.25, 0.3) is 0 Å². The summed E-state index contributed by atoms with van der Waals surface area (Å²) in [6.45, 7) is 5.60. The maximum absolute atomic E-state index is 12.6. The Morgan fingerprint density at radius 1 is 1.14 bits per heavy atom. The molecule has 0 saturated carbocycles. The van der Waals surface area contributed by atoms with Crippen LogP contribution in [-0.4, -0.2) is 59.0 Å². The van der Waals surface area contributed by atoms with Gasteiger partial charge in [-0.15, -0.1) is 0 Å². The number of likely N-dealkylation sites (tertiary alicyclic amines) is 2. The molecule has 5 nitrogen and oxygen atoms in total. The lowest BCUT2D eigenvalue weighted by Gasteiger charge is -2.29. The number of amides is 1. The number of nitrogens with zero attached hydrogens (tertiary/aromatic N) is 2. The number of carbonyl (C=O) groups is 2. The van der Waals surface area contributed by atoms with E-state index in [4.69, 9.17) is 5.11 Å². The number of aliphatic carboxylic acids is 1. The second kappa shape index (κ2) is 7.78. The third-order valence-corrected chi connectivity index (χ3v) is 4.91. The second-order valence-electron chi connectivity index (χ2n) is 6.50. The molecular formula is C16H28N2O3. The fourth-order valence-electron chi connectivity index (χ4n) is 3.49. The van der Waals surface area contributed by atoms with E-state index in [0.29, 0.717) is 5.92 Å². The Morgan fingerprint density at radius 2 is 1.81 bits per heavy atom. The Labute approximate surface area is 127 Å². The molecule has 21 heavy (non-hydrogen) atoms. The Balaban J connectivity index is 1.81. The molecule has 5 heteroatoms. The van der Waals surface area contributed by atoms with E-state index in [1.165, 1.54) is 12.8 Å². The van der Waals surface area contributed by atoms with Gasteiger partial charge in [0.1, 0.15) is 0 Å². The molecule has 2 rings (SSSR count). The highest BCUT2D eigenvalue weighted by atomic mass is 16.4. The van der Waals surface area contributed by atoms with Gasteiger partial charge in [0.2, 0.25) is 5.91 Å². The van der Waals surface area contributed by atoms with Crippen LogP contribution in [0.1, 0.15) is 51.9 Å². The molecule has 2 aliphatic rings. The molecule has 2 atom stereocenters. The van der Waals surface area contributed by atoms with Gasteiger partial charge in [-0.2, -0.15) is 0 Å². The molecular weight excluding hydrogens is 268 g/mol. The quantitative estimate of drug-likeness (QED) is 0.842. The zero-order valence-corrected chi connectivity index (χ0v) is 13.1. The van der Waals surface area contributed by atoms with Gasteiger partial charge in [-0.25, -0.2) is 0 Å². The maximum atomic E-state index is 12.6. The minimum Gasteiger partial charge on any atom is -0.481 e. The predicted octanol–water partition coefficient (Wildman–Crippen LogP) is 1.96. The molecule has 0 spiro atoms. The molecule has 0 aliphatic carbocycles. The number of hydrogen-bond donors (Lipinski definition) is 1. The van der Waals surface area contributed by atoms with Gasteiger partial charge in [0.25, 0.3) is 0 Å². The van der Waals surface area contributed by atoms with Gasteiger partial charge in [-0.1, -0.05) is 12.8 Å². The van der Waals surface area contributed by atoms with Crippen LogP contribution in [0.2, 0.25) is 0 Å². The first-order valence-corrected chi connectivity index (χ1v) is 8.32. The summed E-state index contributed by atoms with van der Waals surface area (Å²) in [5, 5.41) is 8.76. The Kier molecular flexibility index (Phi) is 6.03. The summed E-state index contributed by atoms with van der Waals surface area (Å²) in [5.41, 5.74) is 0. The third kappa shape index (κ3) is 4.70. The molecule has 2 fully saturated rings. The molecule has 0 aromatic carbocycles. The Bertz CT molecular complexity index is 365. The van der Waals surface area contributed by atoms with Gasteiger partial charge in [0, 0.05) is 26.1 Å². The highest BCUT2D eigenvalue weighted by Gasteiger charge is 2.31. The standard InChI is InChI=1S/C16H28N2O3/c1-13(16(21)17-9-4-2-3-5-10-17)18-11-8-14(12-18)6-7-15(19)20/h13-14H,2-12H2,1H3,(H,19,20). The van der Waals surface area contributed by atoms with Crippen LogP contribution in [0.5, 0.6) is 0 Å². The van der Waals surface area contributed by atoms with Crippen molar-refractivity contribution in [1.82, 2.24) is 9.80 Å². The minimum atomic E-state index is -0.720. The molecule has 0 radical (unpaired) electrons. The molecule has 1 N–H and O–H groups in total. The van der Waals surface area contributed by atoms with Crippen LogP contribution in [0.15, 0.2) is 0 Å². The third-order valence-electron chi connectivity index (χ3n) is 4.91. The lowest BCUT2D eigenvalue weighted by Crippen LogP contribution is -2.46. The second-order valence-corrected chi connectivity index (χ2v) is 6.50. The summed E-state index contributed by atoms with van der Waals surface area (Å²) in [6.07, 6.45) is 6.71. The van der Waals surface area contributed by atoms with Crippen LogP contribution in [0, 0.1) is 5.92 Å². The normalized spacial score (nSPS) is 25.6.